The lowest BCUT2D eigenvalue weighted by Gasteiger charge is -2.20. The van der Waals surface area contributed by atoms with E-state index in [4.69, 9.17) is 10.7 Å². The zero-order valence-corrected chi connectivity index (χ0v) is 27.6. The highest BCUT2D eigenvalue weighted by Gasteiger charge is 2.24. The quantitative estimate of drug-likeness (QED) is 0.215. The summed E-state index contributed by atoms with van der Waals surface area (Å²) in [5.41, 5.74) is 7.93. The fraction of sp³-hybridized carbons (Fsp3) is 0.182. The summed E-state index contributed by atoms with van der Waals surface area (Å²) in [6.07, 6.45) is 6.98. The maximum atomic E-state index is 14.3. The number of para-hydroxylation sites is 1. The molecule has 0 spiro atoms. The smallest absolute Gasteiger partial charge is 0.274 e. The molecule has 6 rings (SSSR count). The van der Waals surface area contributed by atoms with Gasteiger partial charge in [-0.05, 0) is 44.2 Å². The second-order valence-corrected chi connectivity index (χ2v) is 14.1. The van der Waals surface area contributed by atoms with Crippen molar-refractivity contribution in [2.45, 2.75) is 30.5 Å². The first kappa shape index (κ1) is 32.4. The zero-order chi connectivity index (χ0) is 34.0. The van der Waals surface area contributed by atoms with Crippen LogP contribution in [0.1, 0.15) is 41.8 Å². The summed E-state index contributed by atoms with van der Waals surface area (Å²) in [7, 11) is -3.55. The van der Waals surface area contributed by atoms with E-state index in [0.717, 1.165) is 6.26 Å². The van der Waals surface area contributed by atoms with Crippen molar-refractivity contribution in [3.63, 3.8) is 0 Å². The molecule has 242 valence electrons. The van der Waals surface area contributed by atoms with E-state index in [0.29, 0.717) is 27.7 Å². The fourth-order valence-electron chi connectivity index (χ4n) is 5.05. The SMILES string of the molecule is CC1N=CC(C#Cc2cccc3nc(C(C)NC(=O)c4nc(-c5cncc(NS(C)(=O)=O)c5)cnc4N)n(-c4ccccc4)c(=O)c23)S1. The van der Waals surface area contributed by atoms with E-state index in [1.54, 1.807) is 61.2 Å². The maximum absolute atomic E-state index is 14.3. The number of carbonyl (C=O) groups is 1. The first-order chi connectivity index (χ1) is 23.0. The Morgan fingerprint density at radius 2 is 1.88 bits per heavy atom. The van der Waals surface area contributed by atoms with Crippen LogP contribution in [0.25, 0.3) is 27.8 Å². The van der Waals surface area contributed by atoms with Crippen molar-refractivity contribution >= 4 is 56.3 Å². The van der Waals surface area contributed by atoms with Crippen LogP contribution in [-0.4, -0.2) is 61.9 Å². The van der Waals surface area contributed by atoms with Gasteiger partial charge in [-0.3, -0.25) is 28.9 Å². The van der Waals surface area contributed by atoms with Gasteiger partial charge < -0.3 is 11.1 Å². The number of carbonyl (C=O) groups excluding carboxylic acids is 1. The second kappa shape index (κ2) is 13.3. The third kappa shape index (κ3) is 7.04. The van der Waals surface area contributed by atoms with E-state index in [1.807, 2.05) is 19.2 Å². The molecular weight excluding hydrogens is 651 g/mol. The summed E-state index contributed by atoms with van der Waals surface area (Å²) >= 11 is 1.63. The number of hydrogen-bond donors (Lipinski definition) is 3. The molecule has 0 saturated carbocycles. The number of pyridine rings is 1. The van der Waals surface area contributed by atoms with Crippen molar-refractivity contribution in [3.05, 3.63) is 101 Å². The minimum atomic E-state index is -3.55. The number of fused-ring (bicyclic) bond motifs is 1. The molecule has 0 bridgehead atoms. The molecule has 15 heteroatoms. The van der Waals surface area contributed by atoms with E-state index in [-0.39, 0.29) is 44.9 Å². The van der Waals surface area contributed by atoms with Crippen molar-refractivity contribution in [1.82, 2.24) is 29.8 Å². The summed E-state index contributed by atoms with van der Waals surface area (Å²) in [6.45, 7) is 3.70. The summed E-state index contributed by atoms with van der Waals surface area (Å²) in [5, 5.41) is 3.27. The minimum absolute atomic E-state index is 0.0764. The van der Waals surface area contributed by atoms with E-state index >= 15 is 0 Å². The molecule has 3 aromatic heterocycles. The fourth-order valence-corrected chi connectivity index (χ4v) is 6.43. The first-order valence-electron chi connectivity index (χ1n) is 14.6. The van der Waals surface area contributed by atoms with Crippen LogP contribution in [0, 0.1) is 11.8 Å². The molecule has 0 radical (unpaired) electrons. The van der Waals surface area contributed by atoms with Gasteiger partial charge in [0.15, 0.2) is 11.5 Å². The number of nitrogens with one attached hydrogen (secondary N) is 2. The maximum Gasteiger partial charge on any atom is 0.274 e. The summed E-state index contributed by atoms with van der Waals surface area (Å²) in [5.74, 6) is 5.84. The molecule has 0 saturated heterocycles. The number of anilines is 2. The predicted octanol–water partition coefficient (Wildman–Crippen LogP) is 3.57. The third-order valence-electron chi connectivity index (χ3n) is 7.15. The van der Waals surface area contributed by atoms with Gasteiger partial charge in [-0.1, -0.05) is 36.1 Å². The molecule has 1 aliphatic heterocycles. The average Bonchev–Trinajstić information content (AvgIpc) is 3.48. The number of benzene rings is 2. The Morgan fingerprint density at radius 1 is 1.08 bits per heavy atom. The number of amides is 1. The lowest BCUT2D eigenvalue weighted by atomic mass is 10.1. The number of hydrogen-bond acceptors (Lipinski definition) is 11. The van der Waals surface area contributed by atoms with Gasteiger partial charge in [-0.2, -0.15) is 0 Å². The Labute approximate surface area is 280 Å². The minimum Gasteiger partial charge on any atom is -0.382 e. The Morgan fingerprint density at radius 3 is 2.60 bits per heavy atom. The van der Waals surface area contributed by atoms with Crippen molar-refractivity contribution in [1.29, 1.82) is 0 Å². The largest absolute Gasteiger partial charge is 0.382 e. The Kier molecular flexibility index (Phi) is 8.94. The molecule has 4 N–H and O–H groups in total. The molecule has 5 aromatic rings. The number of rotatable bonds is 7. The number of thioether (sulfide) groups is 1. The highest BCUT2D eigenvalue weighted by atomic mass is 32.2. The number of nitrogens with two attached hydrogens (primary N) is 1. The molecule has 0 aliphatic carbocycles. The van der Waals surface area contributed by atoms with Crippen LogP contribution in [0.15, 0.2) is 83.0 Å². The van der Waals surface area contributed by atoms with E-state index in [2.05, 4.69) is 41.8 Å². The lowest BCUT2D eigenvalue weighted by Crippen LogP contribution is -2.34. The van der Waals surface area contributed by atoms with Gasteiger partial charge in [0.1, 0.15) is 11.1 Å². The van der Waals surface area contributed by atoms with E-state index in [1.165, 1.54) is 29.2 Å². The molecule has 1 aliphatic rings. The number of nitrogens with zero attached hydrogens (tertiary/aromatic N) is 6. The molecule has 2 aromatic carbocycles. The Hall–Kier alpha value is -5.59. The Bertz CT molecular complexity index is 2320. The molecule has 3 atom stereocenters. The van der Waals surface area contributed by atoms with Crippen molar-refractivity contribution in [2.75, 3.05) is 16.7 Å². The predicted molar refractivity (Wildman–Crippen MR) is 188 cm³/mol. The summed E-state index contributed by atoms with van der Waals surface area (Å²) in [4.78, 5) is 49.7. The first-order valence-corrected chi connectivity index (χ1v) is 17.5. The molecule has 3 unspecified atom stereocenters. The van der Waals surface area contributed by atoms with E-state index < -0.39 is 22.0 Å². The summed E-state index contributed by atoms with van der Waals surface area (Å²) in [6, 6.07) is 15.0. The standard InChI is InChI=1S/C33H29N9O4S2/c1-19(38-32(43)29-30(34)37-18-27(39-29)22-14-23(16-35-15-22)41-48(3,45)46)31-40-26-11-7-8-21(12-13-25-17-36-20(2)47-25)28(26)33(44)42(31)24-9-5-4-6-10-24/h4-11,14-20,25,41H,1-3H3,(H2,34,37)(H,38,43). The summed E-state index contributed by atoms with van der Waals surface area (Å²) < 4.78 is 27.2. The number of aromatic nitrogens is 5. The highest BCUT2D eigenvalue weighted by Crippen LogP contribution is 2.25. The van der Waals surface area contributed by atoms with Crippen LogP contribution in [0.3, 0.4) is 0 Å². The Balaban J connectivity index is 1.37. The van der Waals surface area contributed by atoms with Crippen molar-refractivity contribution < 1.29 is 13.2 Å². The van der Waals surface area contributed by atoms with Crippen LogP contribution < -0.4 is 21.3 Å². The number of aliphatic imine (C=N–C) groups is 1. The van der Waals surface area contributed by atoms with Gasteiger partial charge in [-0.15, -0.1) is 11.8 Å². The van der Waals surface area contributed by atoms with Crippen LogP contribution in [-0.2, 0) is 10.0 Å². The van der Waals surface area contributed by atoms with Gasteiger partial charge >= 0.3 is 0 Å². The van der Waals surface area contributed by atoms with Gasteiger partial charge in [-0.25, -0.2) is 23.4 Å². The zero-order valence-electron chi connectivity index (χ0n) is 25.9. The van der Waals surface area contributed by atoms with Crippen LogP contribution >= 0.6 is 11.8 Å². The highest BCUT2D eigenvalue weighted by molar-refractivity contribution is 8.01. The number of nitrogen functional groups attached to an aromatic ring is 1. The van der Waals surface area contributed by atoms with Gasteiger partial charge in [0.2, 0.25) is 10.0 Å². The van der Waals surface area contributed by atoms with Gasteiger partial charge in [0.05, 0.1) is 58.0 Å². The third-order valence-corrected chi connectivity index (χ3v) is 8.80. The van der Waals surface area contributed by atoms with Crippen molar-refractivity contribution in [3.8, 4) is 28.8 Å². The molecule has 48 heavy (non-hydrogen) atoms. The normalized spacial score (nSPS) is 16.2. The van der Waals surface area contributed by atoms with Gasteiger partial charge in [0.25, 0.3) is 11.5 Å². The molecular formula is C33H29N9O4S2. The topological polar surface area (TPSA) is 187 Å². The van der Waals surface area contributed by atoms with Gasteiger partial charge in [0, 0.05) is 23.5 Å². The molecule has 1 amide bonds. The molecule has 4 heterocycles. The lowest BCUT2D eigenvalue weighted by molar-refractivity contribution is 0.0933. The second-order valence-electron chi connectivity index (χ2n) is 10.9. The van der Waals surface area contributed by atoms with Crippen LogP contribution in [0.4, 0.5) is 11.5 Å². The van der Waals surface area contributed by atoms with Crippen LogP contribution in [0.2, 0.25) is 0 Å². The number of sulfonamides is 1. The van der Waals surface area contributed by atoms with Crippen molar-refractivity contribution in [2.24, 2.45) is 4.99 Å². The monoisotopic (exact) mass is 679 g/mol. The molecule has 0 fully saturated rings. The van der Waals surface area contributed by atoms with E-state index in [9.17, 15) is 18.0 Å². The molecule has 13 nitrogen and oxygen atoms in total. The average molecular weight is 680 g/mol. The van der Waals surface area contributed by atoms with Crippen LogP contribution in [0.5, 0.6) is 0 Å².